The average Bonchev–Trinajstić information content (AvgIpc) is 1.90. The highest BCUT2D eigenvalue weighted by molar-refractivity contribution is 4.99. The Morgan fingerprint density at radius 1 is 0.800 bits per heavy atom. The van der Waals surface area contributed by atoms with Crippen LogP contribution in [0.2, 0.25) is 0 Å². The highest BCUT2D eigenvalue weighted by atomic mass is 16.5. The Bertz CT molecular complexity index is 108. The van der Waals surface area contributed by atoms with Gasteiger partial charge in [0.15, 0.2) is 0 Å². The number of hydrogen-bond acceptors (Lipinski definition) is 2. The molecule has 0 unspecified atom stereocenters. The first-order valence-electron chi connectivity index (χ1n) is 3.09. The summed E-state index contributed by atoms with van der Waals surface area (Å²) in [5.41, 5.74) is 0. The summed E-state index contributed by atoms with van der Waals surface area (Å²) < 4.78 is 0. The third-order valence-corrected chi connectivity index (χ3v) is 0.667. The topological polar surface area (TPSA) is 40.5 Å². The van der Waals surface area contributed by atoms with Gasteiger partial charge >= 0.3 is 0 Å². The molecule has 0 aliphatic heterocycles. The Balaban J connectivity index is 0.000000180. The van der Waals surface area contributed by atoms with E-state index in [0.717, 1.165) is 0 Å². The Morgan fingerprint density at radius 3 is 1.00 bits per heavy atom. The van der Waals surface area contributed by atoms with E-state index in [1.54, 1.807) is 0 Å². The van der Waals surface area contributed by atoms with Gasteiger partial charge in [-0.1, -0.05) is 36.4 Å². The minimum atomic E-state index is -1.17. The maximum absolute atomic E-state index is 7.61. The van der Waals surface area contributed by atoms with E-state index in [-0.39, 0.29) is 0 Å². The molecule has 2 nitrogen and oxygen atoms in total. The molecular weight excluding hydrogens is 128 g/mol. The standard InChI is InChI=1S/C6H6.C2H6O2/c1-2-4-6-5-3-1;1-2(3)4/h1-6H;2-4H,1H3. The zero-order valence-corrected chi connectivity index (χ0v) is 5.94. The largest absolute Gasteiger partial charge is 0.368 e. The van der Waals surface area contributed by atoms with E-state index in [9.17, 15) is 0 Å². The lowest BCUT2D eigenvalue weighted by atomic mass is 10.4. The second kappa shape index (κ2) is 6.26. The van der Waals surface area contributed by atoms with Crippen molar-refractivity contribution in [2.24, 2.45) is 0 Å². The lowest BCUT2D eigenvalue weighted by Gasteiger charge is -1.80. The fraction of sp³-hybridized carbons (Fsp3) is 0.250. The van der Waals surface area contributed by atoms with Crippen LogP contribution in [0.5, 0.6) is 0 Å². The van der Waals surface area contributed by atoms with E-state index in [1.165, 1.54) is 6.92 Å². The van der Waals surface area contributed by atoms with Crippen molar-refractivity contribution in [3.63, 3.8) is 0 Å². The molecule has 56 valence electrons. The number of aliphatic hydroxyl groups is 2. The van der Waals surface area contributed by atoms with Crippen LogP contribution < -0.4 is 0 Å². The molecule has 1 rings (SSSR count). The van der Waals surface area contributed by atoms with Crippen LogP contribution in [0.4, 0.5) is 0 Å². The molecule has 0 aliphatic rings. The van der Waals surface area contributed by atoms with Gasteiger partial charge < -0.3 is 10.2 Å². The summed E-state index contributed by atoms with van der Waals surface area (Å²) in [5, 5.41) is 15.2. The molecule has 2 heteroatoms. The lowest BCUT2D eigenvalue weighted by molar-refractivity contribution is -0.0228. The summed E-state index contributed by atoms with van der Waals surface area (Å²) in [6.07, 6.45) is -1.17. The SMILES string of the molecule is CC(O)O.c1ccccc1. The molecule has 2 N–H and O–H groups in total. The molecule has 1 aromatic rings. The Hall–Kier alpha value is -0.860. The highest BCUT2D eigenvalue weighted by Crippen LogP contribution is 1.79. The highest BCUT2D eigenvalue weighted by Gasteiger charge is 1.70. The second-order valence-electron chi connectivity index (χ2n) is 1.79. The Morgan fingerprint density at radius 2 is 0.900 bits per heavy atom. The first kappa shape index (κ1) is 9.14. The summed E-state index contributed by atoms with van der Waals surface area (Å²) >= 11 is 0. The van der Waals surface area contributed by atoms with Crippen LogP contribution in [-0.4, -0.2) is 16.5 Å². The fourth-order valence-corrected chi connectivity index (χ4v) is 0.385. The van der Waals surface area contributed by atoms with E-state index < -0.39 is 6.29 Å². The predicted octanol–water partition coefficient (Wildman–Crippen LogP) is 1.00. The van der Waals surface area contributed by atoms with Crippen molar-refractivity contribution in [1.29, 1.82) is 0 Å². The third-order valence-electron chi connectivity index (χ3n) is 0.667. The molecule has 0 atom stereocenters. The average molecular weight is 140 g/mol. The Labute approximate surface area is 60.8 Å². The van der Waals surface area contributed by atoms with Gasteiger partial charge in [-0.3, -0.25) is 0 Å². The van der Waals surface area contributed by atoms with Gasteiger partial charge in [0.05, 0.1) is 0 Å². The summed E-state index contributed by atoms with van der Waals surface area (Å²) in [7, 11) is 0. The minimum absolute atomic E-state index is 1.17. The number of aliphatic hydroxyl groups excluding tert-OH is 1. The van der Waals surface area contributed by atoms with Gasteiger partial charge in [0.2, 0.25) is 0 Å². The number of rotatable bonds is 0. The van der Waals surface area contributed by atoms with Crippen molar-refractivity contribution < 1.29 is 10.2 Å². The summed E-state index contributed by atoms with van der Waals surface area (Å²) in [4.78, 5) is 0. The van der Waals surface area contributed by atoms with Gasteiger partial charge in [0.25, 0.3) is 0 Å². The summed E-state index contributed by atoms with van der Waals surface area (Å²) in [6.45, 7) is 1.28. The van der Waals surface area contributed by atoms with E-state index in [2.05, 4.69) is 0 Å². The molecule has 0 spiro atoms. The van der Waals surface area contributed by atoms with Crippen molar-refractivity contribution in [2.45, 2.75) is 13.2 Å². The van der Waals surface area contributed by atoms with Crippen molar-refractivity contribution >= 4 is 0 Å². The maximum Gasteiger partial charge on any atom is 0.148 e. The molecule has 0 aliphatic carbocycles. The summed E-state index contributed by atoms with van der Waals surface area (Å²) in [6, 6.07) is 12.0. The number of hydrogen-bond donors (Lipinski definition) is 2. The molecule has 0 bridgehead atoms. The molecule has 0 saturated heterocycles. The van der Waals surface area contributed by atoms with Gasteiger partial charge in [-0.25, -0.2) is 0 Å². The minimum Gasteiger partial charge on any atom is -0.368 e. The molecule has 0 fully saturated rings. The third kappa shape index (κ3) is 10.2. The van der Waals surface area contributed by atoms with Crippen molar-refractivity contribution in [1.82, 2.24) is 0 Å². The van der Waals surface area contributed by atoms with E-state index in [1.807, 2.05) is 36.4 Å². The van der Waals surface area contributed by atoms with Crippen molar-refractivity contribution in [2.75, 3.05) is 0 Å². The zero-order chi connectivity index (χ0) is 7.82. The molecule has 0 amide bonds. The lowest BCUT2D eigenvalue weighted by Crippen LogP contribution is -1.92. The molecule has 1 aromatic carbocycles. The second-order valence-corrected chi connectivity index (χ2v) is 1.79. The Kier molecular flexibility index (Phi) is 5.72. The molecule has 0 radical (unpaired) electrons. The predicted molar refractivity (Wildman–Crippen MR) is 40.3 cm³/mol. The van der Waals surface area contributed by atoms with Gasteiger partial charge in [0.1, 0.15) is 6.29 Å². The van der Waals surface area contributed by atoms with Gasteiger partial charge in [-0.2, -0.15) is 0 Å². The smallest absolute Gasteiger partial charge is 0.148 e. The van der Waals surface area contributed by atoms with Gasteiger partial charge in [0, 0.05) is 0 Å². The quantitative estimate of drug-likeness (QED) is 0.528. The molecule has 0 aromatic heterocycles. The van der Waals surface area contributed by atoms with Crippen molar-refractivity contribution in [3.05, 3.63) is 36.4 Å². The normalized spacial score (nSPS) is 8.40. The van der Waals surface area contributed by atoms with Gasteiger partial charge in [-0.05, 0) is 6.92 Å². The first-order chi connectivity index (χ1) is 4.73. The van der Waals surface area contributed by atoms with Crippen LogP contribution in [0, 0.1) is 0 Å². The van der Waals surface area contributed by atoms with Gasteiger partial charge in [-0.15, -0.1) is 0 Å². The van der Waals surface area contributed by atoms with E-state index >= 15 is 0 Å². The molecule has 0 heterocycles. The van der Waals surface area contributed by atoms with Crippen LogP contribution in [0.15, 0.2) is 36.4 Å². The summed E-state index contributed by atoms with van der Waals surface area (Å²) in [5.74, 6) is 0. The molecular formula is C8H12O2. The molecule has 0 saturated carbocycles. The maximum atomic E-state index is 7.61. The number of benzene rings is 1. The van der Waals surface area contributed by atoms with Crippen LogP contribution in [0.25, 0.3) is 0 Å². The fourth-order valence-electron chi connectivity index (χ4n) is 0.385. The van der Waals surface area contributed by atoms with E-state index in [4.69, 9.17) is 10.2 Å². The monoisotopic (exact) mass is 140 g/mol. The van der Waals surface area contributed by atoms with Crippen LogP contribution in [0.3, 0.4) is 0 Å². The van der Waals surface area contributed by atoms with Crippen molar-refractivity contribution in [3.8, 4) is 0 Å². The zero-order valence-electron chi connectivity index (χ0n) is 5.94. The van der Waals surface area contributed by atoms with Crippen LogP contribution >= 0.6 is 0 Å². The van der Waals surface area contributed by atoms with Crippen LogP contribution in [0.1, 0.15) is 6.92 Å². The first-order valence-corrected chi connectivity index (χ1v) is 3.09. The van der Waals surface area contributed by atoms with E-state index in [0.29, 0.717) is 0 Å². The molecule has 10 heavy (non-hydrogen) atoms. The van der Waals surface area contributed by atoms with Crippen LogP contribution in [-0.2, 0) is 0 Å².